The molecule has 0 bridgehead atoms. The fraction of sp³-hybridized carbons (Fsp3) is 0.565. The van der Waals surface area contributed by atoms with Crippen molar-refractivity contribution in [2.45, 2.75) is 87.0 Å². The molecule has 0 spiro atoms. The molecule has 0 aliphatic heterocycles. The summed E-state index contributed by atoms with van der Waals surface area (Å²) in [6, 6.07) is 0. The van der Waals surface area contributed by atoms with E-state index in [0.717, 1.165) is 0 Å². The number of hydrogen-bond acceptors (Lipinski definition) is 0. The van der Waals surface area contributed by atoms with Gasteiger partial charge in [-0.05, 0) is 93.7 Å². The van der Waals surface area contributed by atoms with Gasteiger partial charge in [0.1, 0.15) is 0 Å². The summed E-state index contributed by atoms with van der Waals surface area (Å²) >= 11 is 0. The molecule has 0 saturated heterocycles. The molecule has 0 heterocycles. The maximum Gasteiger partial charge on any atom is 0.0835 e. The molecule has 1 aromatic rings. The topological polar surface area (TPSA) is 0 Å². The zero-order valence-electron chi connectivity index (χ0n) is 17.0. The lowest BCUT2D eigenvalue weighted by Gasteiger charge is -2.19. The highest BCUT2D eigenvalue weighted by atomic mass is 28.2. The largest absolute Gasteiger partial charge is 0.0835 e. The Balaban J connectivity index is 2.20. The lowest BCUT2D eigenvalue weighted by Crippen LogP contribution is -2.25. The fourth-order valence-electron chi connectivity index (χ4n) is 4.16. The molecule has 1 aliphatic rings. The van der Waals surface area contributed by atoms with E-state index in [0.29, 0.717) is 0 Å². The number of hydrogen-bond donors (Lipinski definition) is 0. The first-order valence-corrected chi connectivity index (χ1v) is 11.3. The molecule has 0 N–H and O–H groups in total. The van der Waals surface area contributed by atoms with Gasteiger partial charge >= 0.3 is 0 Å². The summed E-state index contributed by atoms with van der Waals surface area (Å²) in [7, 11) is -0.334. The predicted octanol–water partition coefficient (Wildman–Crippen LogP) is 5.60. The minimum atomic E-state index is -0.334. The van der Waals surface area contributed by atoms with E-state index in [1.165, 1.54) is 55.2 Å². The van der Waals surface area contributed by atoms with Crippen molar-refractivity contribution in [2.24, 2.45) is 0 Å². The van der Waals surface area contributed by atoms with Crippen molar-refractivity contribution in [3.8, 4) is 0 Å². The van der Waals surface area contributed by atoms with Gasteiger partial charge < -0.3 is 0 Å². The Hall–Kier alpha value is -1.08. The highest BCUT2D eigenvalue weighted by Gasteiger charge is 2.18. The average molecular weight is 341 g/mol. The second kappa shape index (κ2) is 8.34. The van der Waals surface area contributed by atoms with Crippen LogP contribution in [-0.4, -0.2) is 9.52 Å². The van der Waals surface area contributed by atoms with Crippen LogP contribution in [0.4, 0.5) is 0 Å². The first-order valence-electron chi connectivity index (χ1n) is 9.86. The predicted molar refractivity (Wildman–Crippen MR) is 112 cm³/mol. The Morgan fingerprint density at radius 1 is 0.833 bits per heavy atom. The molecule has 0 aromatic heterocycles. The van der Waals surface area contributed by atoms with E-state index in [-0.39, 0.29) is 9.52 Å². The third-order valence-corrected chi connectivity index (χ3v) is 8.62. The molecule has 132 valence electrons. The van der Waals surface area contributed by atoms with Crippen LogP contribution in [0, 0.1) is 34.6 Å². The molecule has 1 aliphatic carbocycles. The number of benzene rings is 1. The summed E-state index contributed by atoms with van der Waals surface area (Å²) in [4.78, 5) is 0. The third kappa shape index (κ3) is 3.94. The van der Waals surface area contributed by atoms with E-state index in [1.807, 2.05) is 0 Å². The van der Waals surface area contributed by atoms with Gasteiger partial charge in [-0.2, -0.15) is 0 Å². The maximum absolute atomic E-state index is 2.58. The van der Waals surface area contributed by atoms with Crippen LogP contribution in [-0.2, 0) is 0 Å². The van der Waals surface area contributed by atoms with Crippen molar-refractivity contribution < 1.29 is 0 Å². The Bertz CT molecular complexity index is 645. The van der Waals surface area contributed by atoms with Gasteiger partial charge in [-0.15, -0.1) is 0 Å². The first kappa shape index (κ1) is 19.2. The van der Waals surface area contributed by atoms with Gasteiger partial charge in [0, 0.05) is 0 Å². The van der Waals surface area contributed by atoms with Gasteiger partial charge in [0.15, 0.2) is 0 Å². The van der Waals surface area contributed by atoms with Crippen LogP contribution in [0.5, 0.6) is 0 Å². The van der Waals surface area contributed by atoms with E-state index >= 15 is 0 Å². The van der Waals surface area contributed by atoms with E-state index in [1.54, 1.807) is 32.7 Å². The van der Waals surface area contributed by atoms with Crippen LogP contribution < -0.4 is 5.19 Å². The minimum absolute atomic E-state index is 0.334. The monoisotopic (exact) mass is 340 g/mol. The van der Waals surface area contributed by atoms with Gasteiger partial charge in [0.05, 0.1) is 9.52 Å². The molecule has 0 radical (unpaired) electrons. The summed E-state index contributed by atoms with van der Waals surface area (Å²) in [5, 5.41) is 3.49. The number of allylic oxidation sites excluding steroid dienone is 4. The fourth-order valence-corrected chi connectivity index (χ4v) is 6.45. The van der Waals surface area contributed by atoms with Crippen molar-refractivity contribution in [1.82, 2.24) is 0 Å². The van der Waals surface area contributed by atoms with Gasteiger partial charge in [0.25, 0.3) is 0 Å². The van der Waals surface area contributed by atoms with Gasteiger partial charge in [-0.3, -0.25) is 0 Å². The zero-order chi connectivity index (χ0) is 17.9. The highest BCUT2D eigenvalue weighted by molar-refractivity contribution is 6.62. The summed E-state index contributed by atoms with van der Waals surface area (Å²) in [6.45, 7) is 16.2. The van der Waals surface area contributed by atoms with Crippen molar-refractivity contribution >= 4 is 14.7 Å². The Kier molecular flexibility index (Phi) is 6.68. The van der Waals surface area contributed by atoms with Crippen molar-refractivity contribution in [3.63, 3.8) is 0 Å². The molecule has 0 saturated carbocycles. The molecule has 0 amide bonds. The Morgan fingerprint density at radius 3 is 1.96 bits per heavy atom. The maximum atomic E-state index is 2.58. The first-order chi connectivity index (χ1) is 11.4. The molecule has 1 heteroatoms. The molecule has 0 unspecified atom stereocenters. The summed E-state index contributed by atoms with van der Waals surface area (Å²) in [5.41, 5.74) is 11.1. The van der Waals surface area contributed by atoms with Gasteiger partial charge in [-0.25, -0.2) is 0 Å². The van der Waals surface area contributed by atoms with Gasteiger partial charge in [-0.1, -0.05) is 48.7 Å². The molecule has 1 aromatic carbocycles. The van der Waals surface area contributed by atoms with Crippen LogP contribution in [0.25, 0.3) is 0 Å². The van der Waals surface area contributed by atoms with E-state index < -0.39 is 0 Å². The SMILES string of the molecule is CCCCCC1=C(CC)C=C([SiH2]c2c(C)c(C)c(C)c(C)c2C)C1. The second-order valence-corrected chi connectivity index (χ2v) is 9.67. The summed E-state index contributed by atoms with van der Waals surface area (Å²) in [5.74, 6) is 0. The normalized spacial score (nSPS) is 15.0. The summed E-state index contributed by atoms with van der Waals surface area (Å²) < 4.78 is 0. The minimum Gasteiger partial charge on any atom is -0.0783 e. The van der Waals surface area contributed by atoms with Crippen LogP contribution in [0.1, 0.15) is 80.2 Å². The van der Waals surface area contributed by atoms with Crippen molar-refractivity contribution in [1.29, 1.82) is 0 Å². The highest BCUT2D eigenvalue weighted by Crippen LogP contribution is 2.31. The molecule has 0 nitrogen and oxygen atoms in total. The summed E-state index contributed by atoms with van der Waals surface area (Å²) in [6.07, 6.45) is 10.5. The number of unbranched alkanes of at least 4 members (excludes halogenated alkanes) is 2. The molecule has 2 rings (SSSR count). The van der Waals surface area contributed by atoms with Crippen LogP contribution in [0.3, 0.4) is 0 Å². The average Bonchev–Trinajstić information content (AvgIpc) is 2.97. The van der Waals surface area contributed by atoms with E-state index in [9.17, 15) is 0 Å². The van der Waals surface area contributed by atoms with Crippen LogP contribution in [0.2, 0.25) is 0 Å². The second-order valence-electron chi connectivity index (χ2n) is 7.70. The molecular formula is C23H36Si. The van der Waals surface area contributed by atoms with Gasteiger partial charge in [0.2, 0.25) is 0 Å². The van der Waals surface area contributed by atoms with Crippen LogP contribution in [0.15, 0.2) is 22.4 Å². The van der Waals surface area contributed by atoms with Crippen molar-refractivity contribution in [2.75, 3.05) is 0 Å². The Labute approximate surface area is 152 Å². The molecule has 0 fully saturated rings. The smallest absolute Gasteiger partial charge is 0.0783 e. The van der Waals surface area contributed by atoms with E-state index in [4.69, 9.17) is 0 Å². The molecular weight excluding hydrogens is 304 g/mol. The van der Waals surface area contributed by atoms with Crippen molar-refractivity contribution in [3.05, 3.63) is 50.2 Å². The third-order valence-electron chi connectivity index (χ3n) is 6.30. The van der Waals surface area contributed by atoms with E-state index in [2.05, 4.69) is 54.5 Å². The standard InChI is InChI=1S/C23H36Si/c1-8-10-11-12-21-14-22(13-20(21)9-2)24-23-18(6)16(4)15(3)17(5)19(23)7/h13H,8-12,14,24H2,1-7H3. The quantitative estimate of drug-likeness (QED) is 0.448. The molecule has 24 heavy (non-hydrogen) atoms. The lowest BCUT2D eigenvalue weighted by molar-refractivity contribution is 0.704. The zero-order valence-corrected chi connectivity index (χ0v) is 18.4. The number of rotatable bonds is 7. The van der Waals surface area contributed by atoms with Crippen LogP contribution >= 0.6 is 0 Å². The molecule has 0 atom stereocenters. The lowest BCUT2D eigenvalue weighted by atomic mass is 9.95. The Morgan fingerprint density at radius 2 is 1.42 bits per heavy atom.